The Balaban J connectivity index is 1.83. The minimum absolute atomic E-state index is 0.0168. The molecule has 7 heteroatoms. The molecule has 1 atom stereocenters. The van der Waals surface area contributed by atoms with Crippen LogP contribution in [0.3, 0.4) is 0 Å². The highest BCUT2D eigenvalue weighted by atomic mass is 16.5. The first kappa shape index (κ1) is 17.9. The van der Waals surface area contributed by atoms with E-state index in [1.807, 2.05) is 6.07 Å². The molecule has 0 unspecified atom stereocenters. The number of hydrogen-bond acceptors (Lipinski definition) is 7. The van der Waals surface area contributed by atoms with Crippen LogP contribution in [-0.4, -0.2) is 21.2 Å². The zero-order valence-electron chi connectivity index (χ0n) is 15.5. The summed E-state index contributed by atoms with van der Waals surface area (Å²) in [5, 5.41) is 20.0. The zero-order valence-corrected chi connectivity index (χ0v) is 15.5. The van der Waals surface area contributed by atoms with Crippen molar-refractivity contribution >= 4 is 16.9 Å². The molecular formula is C23H15NO6. The van der Waals surface area contributed by atoms with E-state index in [0.717, 1.165) is 5.56 Å². The number of hydrogen-bond donors (Lipinski definition) is 2. The van der Waals surface area contributed by atoms with Crippen molar-refractivity contribution in [2.75, 3.05) is 0 Å². The first-order chi connectivity index (χ1) is 14.5. The summed E-state index contributed by atoms with van der Waals surface area (Å²) >= 11 is 0. The Labute approximate surface area is 169 Å². The molecule has 1 aliphatic rings. The van der Waals surface area contributed by atoms with Gasteiger partial charge in [0.2, 0.25) is 0 Å². The smallest absolute Gasteiger partial charge is 0.312 e. The van der Waals surface area contributed by atoms with Gasteiger partial charge in [-0.3, -0.25) is 14.6 Å². The number of carbonyl (C=O) groups excluding carboxylic acids is 1. The number of benzene rings is 2. The molecule has 3 heterocycles. The molecule has 7 nitrogen and oxygen atoms in total. The van der Waals surface area contributed by atoms with Crippen molar-refractivity contribution in [2.45, 2.75) is 12.3 Å². The lowest BCUT2D eigenvalue weighted by molar-refractivity contribution is -0.135. The number of nitrogens with zero attached hydrogens (tertiary/aromatic N) is 1. The lowest BCUT2D eigenvalue weighted by Crippen LogP contribution is -2.22. The molecule has 2 aromatic heterocycles. The number of ether oxygens (including phenoxy) is 1. The van der Waals surface area contributed by atoms with Crippen LogP contribution in [-0.2, 0) is 4.79 Å². The first-order valence-corrected chi connectivity index (χ1v) is 9.25. The number of phenolic OH excluding ortho intramolecular Hbond substituents is 2. The number of aromatic nitrogens is 1. The predicted octanol–water partition coefficient (Wildman–Crippen LogP) is 3.71. The molecule has 2 aromatic carbocycles. The zero-order chi connectivity index (χ0) is 20.8. The van der Waals surface area contributed by atoms with Crippen molar-refractivity contribution in [3.05, 3.63) is 82.3 Å². The summed E-state index contributed by atoms with van der Waals surface area (Å²) in [6.07, 6.45) is 3.32. The molecule has 30 heavy (non-hydrogen) atoms. The minimum atomic E-state index is -0.452. The van der Waals surface area contributed by atoms with Crippen LogP contribution in [0, 0.1) is 0 Å². The fourth-order valence-corrected chi connectivity index (χ4v) is 3.79. The Hall–Kier alpha value is -4.13. The summed E-state index contributed by atoms with van der Waals surface area (Å²) in [4.78, 5) is 29.2. The molecule has 0 amide bonds. The number of esters is 1. The number of fused-ring (bicyclic) bond motifs is 3. The van der Waals surface area contributed by atoms with Gasteiger partial charge in [0.25, 0.3) is 0 Å². The third-order valence-electron chi connectivity index (χ3n) is 5.16. The van der Waals surface area contributed by atoms with Crippen molar-refractivity contribution in [3.63, 3.8) is 0 Å². The van der Waals surface area contributed by atoms with Gasteiger partial charge in [-0.1, -0.05) is 6.07 Å². The van der Waals surface area contributed by atoms with Gasteiger partial charge in [-0.15, -0.1) is 0 Å². The Morgan fingerprint density at radius 3 is 2.57 bits per heavy atom. The van der Waals surface area contributed by atoms with Gasteiger partial charge >= 0.3 is 5.97 Å². The lowest BCUT2D eigenvalue weighted by Gasteiger charge is -2.25. The maximum atomic E-state index is 12.9. The highest BCUT2D eigenvalue weighted by Crippen LogP contribution is 2.45. The normalized spacial score (nSPS) is 15.6. The average Bonchev–Trinajstić information content (AvgIpc) is 2.73. The number of pyridine rings is 1. The van der Waals surface area contributed by atoms with Crippen molar-refractivity contribution in [2.24, 2.45) is 0 Å². The van der Waals surface area contributed by atoms with Gasteiger partial charge in [-0.2, -0.15) is 0 Å². The molecule has 2 N–H and O–H groups in total. The number of carbonyl (C=O) groups is 1. The van der Waals surface area contributed by atoms with Crippen LogP contribution in [0.5, 0.6) is 17.2 Å². The minimum Gasteiger partial charge on any atom is -0.508 e. The molecule has 0 radical (unpaired) electrons. The van der Waals surface area contributed by atoms with Crippen LogP contribution in [0.1, 0.15) is 23.5 Å². The molecule has 5 rings (SSSR count). The molecule has 0 aliphatic carbocycles. The van der Waals surface area contributed by atoms with Gasteiger partial charge < -0.3 is 19.4 Å². The third-order valence-corrected chi connectivity index (χ3v) is 5.16. The Kier molecular flexibility index (Phi) is 4.03. The molecule has 0 spiro atoms. The summed E-state index contributed by atoms with van der Waals surface area (Å²) in [5.74, 6) is -0.725. The van der Waals surface area contributed by atoms with E-state index >= 15 is 0 Å². The molecule has 0 fully saturated rings. The van der Waals surface area contributed by atoms with Crippen LogP contribution in [0.2, 0.25) is 0 Å². The van der Waals surface area contributed by atoms with Crippen molar-refractivity contribution < 1.29 is 24.2 Å². The summed E-state index contributed by atoms with van der Waals surface area (Å²) in [5.41, 5.74) is 1.58. The lowest BCUT2D eigenvalue weighted by atomic mass is 9.86. The molecule has 0 bridgehead atoms. The van der Waals surface area contributed by atoms with E-state index < -0.39 is 17.3 Å². The van der Waals surface area contributed by atoms with E-state index in [9.17, 15) is 19.8 Å². The fourth-order valence-electron chi connectivity index (χ4n) is 3.79. The Bertz CT molecular complexity index is 1340. The summed E-state index contributed by atoms with van der Waals surface area (Å²) < 4.78 is 11.4. The van der Waals surface area contributed by atoms with Crippen LogP contribution in [0.15, 0.2) is 70.1 Å². The van der Waals surface area contributed by atoms with E-state index in [1.165, 1.54) is 24.3 Å². The van der Waals surface area contributed by atoms with Crippen LogP contribution in [0.4, 0.5) is 0 Å². The van der Waals surface area contributed by atoms with E-state index in [2.05, 4.69) is 4.98 Å². The second-order valence-corrected chi connectivity index (χ2v) is 7.05. The van der Waals surface area contributed by atoms with Crippen LogP contribution < -0.4 is 10.2 Å². The second kappa shape index (κ2) is 6.73. The van der Waals surface area contributed by atoms with Crippen molar-refractivity contribution in [1.82, 2.24) is 4.98 Å². The van der Waals surface area contributed by atoms with Gasteiger partial charge in [0, 0.05) is 41.6 Å². The summed E-state index contributed by atoms with van der Waals surface area (Å²) in [6.45, 7) is 0. The van der Waals surface area contributed by atoms with Crippen LogP contribution >= 0.6 is 0 Å². The summed E-state index contributed by atoms with van der Waals surface area (Å²) in [6, 6.07) is 12.4. The quantitative estimate of drug-likeness (QED) is 0.389. The van der Waals surface area contributed by atoms with Gasteiger partial charge in [-0.25, -0.2) is 0 Å². The van der Waals surface area contributed by atoms with Gasteiger partial charge in [0.05, 0.1) is 6.42 Å². The molecule has 0 saturated heterocycles. The van der Waals surface area contributed by atoms with Crippen molar-refractivity contribution in [3.8, 4) is 28.6 Å². The number of rotatable bonds is 2. The SMILES string of the molecule is O=C1C[C@H](c2cccnc2)c2c(cc(O)c3c(=O)cc(-c4ccc(O)cc4)oc23)O1. The fraction of sp³-hybridized carbons (Fsp3) is 0.0870. The molecular weight excluding hydrogens is 386 g/mol. The van der Waals surface area contributed by atoms with E-state index in [-0.39, 0.29) is 40.4 Å². The standard InChI is InChI=1S/C23H15NO6/c25-14-5-3-12(4-6-14)18-9-16(26)22-17(27)10-19-21(23(22)30-18)15(8-20(28)29-19)13-2-1-7-24-11-13/h1-7,9-11,15,25,27H,8H2/t15-/m1/s1. The maximum Gasteiger partial charge on any atom is 0.312 e. The largest absolute Gasteiger partial charge is 0.508 e. The molecule has 148 valence electrons. The Morgan fingerprint density at radius 1 is 1.03 bits per heavy atom. The first-order valence-electron chi connectivity index (χ1n) is 9.25. The number of phenols is 2. The monoisotopic (exact) mass is 401 g/mol. The van der Waals surface area contributed by atoms with E-state index in [4.69, 9.17) is 9.15 Å². The maximum absolute atomic E-state index is 12.9. The highest BCUT2D eigenvalue weighted by Gasteiger charge is 2.33. The van der Waals surface area contributed by atoms with Crippen molar-refractivity contribution in [1.29, 1.82) is 0 Å². The van der Waals surface area contributed by atoms with Crippen LogP contribution in [0.25, 0.3) is 22.3 Å². The Morgan fingerprint density at radius 2 is 1.83 bits per heavy atom. The van der Waals surface area contributed by atoms with Gasteiger partial charge in [-0.05, 0) is 35.9 Å². The van der Waals surface area contributed by atoms with E-state index in [1.54, 1.807) is 30.6 Å². The molecule has 0 saturated carbocycles. The average molecular weight is 401 g/mol. The van der Waals surface area contributed by atoms with Gasteiger partial charge in [0.1, 0.15) is 34.0 Å². The summed E-state index contributed by atoms with van der Waals surface area (Å²) in [7, 11) is 0. The molecule has 1 aliphatic heterocycles. The number of aromatic hydroxyl groups is 2. The predicted molar refractivity (Wildman–Crippen MR) is 108 cm³/mol. The third kappa shape index (κ3) is 2.88. The highest BCUT2D eigenvalue weighted by molar-refractivity contribution is 5.93. The molecule has 4 aromatic rings. The van der Waals surface area contributed by atoms with E-state index in [0.29, 0.717) is 11.1 Å². The van der Waals surface area contributed by atoms with Gasteiger partial charge in [0.15, 0.2) is 5.43 Å². The second-order valence-electron chi connectivity index (χ2n) is 7.05. The topological polar surface area (TPSA) is 110 Å².